The Labute approximate surface area is 114 Å². The van der Waals surface area contributed by atoms with Gasteiger partial charge in [-0.25, -0.2) is 0 Å². The molecule has 4 atom stereocenters. The van der Waals surface area contributed by atoms with E-state index in [9.17, 15) is 5.11 Å². The van der Waals surface area contributed by atoms with Gasteiger partial charge in [0.15, 0.2) is 0 Å². The summed E-state index contributed by atoms with van der Waals surface area (Å²) in [5.41, 5.74) is 7.66. The van der Waals surface area contributed by atoms with E-state index in [1.54, 1.807) is 0 Å². The molecule has 0 spiro atoms. The highest BCUT2D eigenvalue weighted by molar-refractivity contribution is 8.00. The predicted octanol–water partition coefficient (Wildman–Crippen LogP) is 2.76. The Kier molecular flexibility index (Phi) is 5.10. The summed E-state index contributed by atoms with van der Waals surface area (Å²) in [7, 11) is 0. The summed E-state index contributed by atoms with van der Waals surface area (Å²) in [6.45, 7) is 2.31. The van der Waals surface area contributed by atoms with Crippen LogP contribution in [0.1, 0.15) is 37.7 Å². The van der Waals surface area contributed by atoms with Crippen LogP contribution in [-0.2, 0) is 0 Å². The summed E-state index contributed by atoms with van der Waals surface area (Å²) in [5.74, 6) is 0.634. The standard InChI is InChI=1S/C15H23NOS/c1-11(10-17)18-15-9-13(7-8-14(15)16)12-5-3-2-4-6-12/h2-6,11,13-15,17H,7-10,16H2,1H3. The van der Waals surface area contributed by atoms with Gasteiger partial charge in [0.1, 0.15) is 0 Å². The number of hydrogen-bond acceptors (Lipinski definition) is 3. The van der Waals surface area contributed by atoms with E-state index in [1.165, 1.54) is 12.0 Å². The van der Waals surface area contributed by atoms with Crippen LogP contribution in [-0.4, -0.2) is 28.3 Å². The van der Waals surface area contributed by atoms with Crippen LogP contribution in [0.4, 0.5) is 0 Å². The average Bonchev–Trinajstić information content (AvgIpc) is 2.42. The van der Waals surface area contributed by atoms with Gasteiger partial charge in [-0.15, -0.1) is 0 Å². The van der Waals surface area contributed by atoms with Crippen molar-refractivity contribution in [3.8, 4) is 0 Å². The van der Waals surface area contributed by atoms with Crippen LogP contribution in [0.25, 0.3) is 0 Å². The lowest BCUT2D eigenvalue weighted by molar-refractivity contribution is 0.299. The molecule has 100 valence electrons. The molecule has 1 aromatic carbocycles. The third kappa shape index (κ3) is 3.50. The number of benzene rings is 1. The molecule has 0 radical (unpaired) electrons. The summed E-state index contributed by atoms with van der Waals surface area (Å²) >= 11 is 1.85. The maximum Gasteiger partial charge on any atom is 0.0547 e. The van der Waals surface area contributed by atoms with Gasteiger partial charge in [-0.3, -0.25) is 0 Å². The second kappa shape index (κ2) is 6.60. The van der Waals surface area contributed by atoms with Crippen LogP contribution < -0.4 is 5.73 Å². The molecule has 0 aliphatic heterocycles. The number of nitrogens with two attached hydrogens (primary N) is 1. The van der Waals surface area contributed by atoms with Crippen LogP contribution >= 0.6 is 11.8 Å². The van der Waals surface area contributed by atoms with Crippen molar-refractivity contribution in [3.05, 3.63) is 35.9 Å². The minimum atomic E-state index is 0.240. The Morgan fingerprint density at radius 1 is 1.33 bits per heavy atom. The third-order valence-electron chi connectivity index (χ3n) is 3.78. The van der Waals surface area contributed by atoms with Crippen LogP contribution in [0, 0.1) is 0 Å². The minimum Gasteiger partial charge on any atom is -0.395 e. The van der Waals surface area contributed by atoms with Crippen molar-refractivity contribution in [2.45, 2.75) is 48.6 Å². The molecular weight excluding hydrogens is 242 g/mol. The van der Waals surface area contributed by atoms with Crippen LogP contribution in [0.2, 0.25) is 0 Å². The number of hydrogen-bond donors (Lipinski definition) is 2. The molecule has 2 nitrogen and oxygen atoms in total. The van der Waals surface area contributed by atoms with E-state index in [1.807, 2.05) is 11.8 Å². The van der Waals surface area contributed by atoms with Gasteiger partial charge in [0, 0.05) is 16.5 Å². The monoisotopic (exact) mass is 265 g/mol. The Bertz CT molecular complexity index is 357. The van der Waals surface area contributed by atoms with E-state index in [-0.39, 0.29) is 17.9 Å². The number of thioether (sulfide) groups is 1. The highest BCUT2D eigenvalue weighted by Gasteiger charge is 2.30. The van der Waals surface area contributed by atoms with Gasteiger partial charge in [0.25, 0.3) is 0 Å². The largest absolute Gasteiger partial charge is 0.395 e. The van der Waals surface area contributed by atoms with Gasteiger partial charge in [-0.1, -0.05) is 37.3 Å². The first-order valence-corrected chi connectivity index (χ1v) is 7.72. The van der Waals surface area contributed by atoms with Crippen molar-refractivity contribution in [2.24, 2.45) is 5.73 Å². The SMILES string of the molecule is CC(CO)SC1CC(c2ccccc2)CCC1N. The van der Waals surface area contributed by atoms with E-state index in [0.717, 1.165) is 12.8 Å². The lowest BCUT2D eigenvalue weighted by atomic mass is 9.82. The molecule has 1 aliphatic rings. The Balaban J connectivity index is 2.00. The summed E-state index contributed by atoms with van der Waals surface area (Å²) in [5, 5.41) is 9.94. The van der Waals surface area contributed by atoms with Crippen molar-refractivity contribution >= 4 is 11.8 Å². The number of aliphatic hydroxyl groups is 1. The molecule has 0 heterocycles. The fraction of sp³-hybridized carbons (Fsp3) is 0.600. The van der Waals surface area contributed by atoms with Gasteiger partial charge in [0.2, 0.25) is 0 Å². The van der Waals surface area contributed by atoms with Crippen molar-refractivity contribution in [2.75, 3.05) is 6.61 Å². The van der Waals surface area contributed by atoms with Gasteiger partial charge in [0.05, 0.1) is 6.61 Å². The molecule has 2 rings (SSSR count). The quantitative estimate of drug-likeness (QED) is 0.880. The Morgan fingerprint density at radius 2 is 2.06 bits per heavy atom. The van der Waals surface area contributed by atoms with Crippen molar-refractivity contribution < 1.29 is 5.11 Å². The Morgan fingerprint density at radius 3 is 2.72 bits per heavy atom. The van der Waals surface area contributed by atoms with E-state index in [2.05, 4.69) is 37.3 Å². The van der Waals surface area contributed by atoms with E-state index >= 15 is 0 Å². The number of aliphatic hydroxyl groups excluding tert-OH is 1. The Hall–Kier alpha value is -0.510. The molecule has 0 amide bonds. The highest BCUT2D eigenvalue weighted by Crippen LogP contribution is 2.38. The molecule has 3 N–H and O–H groups in total. The lowest BCUT2D eigenvalue weighted by Crippen LogP contribution is -2.39. The zero-order chi connectivity index (χ0) is 13.0. The molecule has 1 fully saturated rings. The van der Waals surface area contributed by atoms with E-state index in [4.69, 9.17) is 5.73 Å². The number of rotatable bonds is 4. The van der Waals surface area contributed by atoms with Gasteiger partial charge < -0.3 is 10.8 Å². The molecule has 1 aliphatic carbocycles. The summed E-state index contributed by atoms with van der Waals surface area (Å²) in [6, 6.07) is 11.0. The van der Waals surface area contributed by atoms with Gasteiger partial charge in [-0.05, 0) is 30.7 Å². The summed E-state index contributed by atoms with van der Waals surface area (Å²) in [6.07, 6.45) is 3.42. The van der Waals surface area contributed by atoms with Crippen LogP contribution in [0.3, 0.4) is 0 Å². The fourth-order valence-corrected chi connectivity index (χ4v) is 4.04. The molecular formula is C15H23NOS. The lowest BCUT2D eigenvalue weighted by Gasteiger charge is -2.35. The maximum atomic E-state index is 9.17. The zero-order valence-corrected chi connectivity index (χ0v) is 11.8. The molecule has 4 unspecified atom stereocenters. The molecule has 1 aromatic rings. The first-order chi connectivity index (χ1) is 8.70. The van der Waals surface area contributed by atoms with Gasteiger partial charge >= 0.3 is 0 Å². The molecule has 0 saturated heterocycles. The summed E-state index contributed by atoms with van der Waals surface area (Å²) < 4.78 is 0. The molecule has 3 heteroatoms. The normalized spacial score (nSPS) is 30.1. The third-order valence-corrected chi connectivity index (χ3v) is 5.28. The van der Waals surface area contributed by atoms with Crippen LogP contribution in [0.5, 0.6) is 0 Å². The smallest absolute Gasteiger partial charge is 0.0547 e. The minimum absolute atomic E-state index is 0.240. The fourth-order valence-electron chi connectivity index (χ4n) is 2.68. The van der Waals surface area contributed by atoms with Crippen molar-refractivity contribution in [3.63, 3.8) is 0 Å². The van der Waals surface area contributed by atoms with Crippen molar-refractivity contribution in [1.29, 1.82) is 0 Å². The highest BCUT2D eigenvalue weighted by atomic mass is 32.2. The first kappa shape index (κ1) is 13.9. The zero-order valence-electron chi connectivity index (χ0n) is 11.0. The van der Waals surface area contributed by atoms with Gasteiger partial charge in [-0.2, -0.15) is 11.8 Å². The predicted molar refractivity (Wildman–Crippen MR) is 78.9 cm³/mol. The van der Waals surface area contributed by atoms with E-state index < -0.39 is 0 Å². The maximum absolute atomic E-state index is 9.17. The second-order valence-corrected chi connectivity index (χ2v) is 6.93. The van der Waals surface area contributed by atoms with E-state index in [0.29, 0.717) is 11.2 Å². The summed E-state index contributed by atoms with van der Waals surface area (Å²) in [4.78, 5) is 0. The first-order valence-electron chi connectivity index (χ1n) is 6.77. The molecule has 18 heavy (non-hydrogen) atoms. The average molecular weight is 265 g/mol. The molecule has 0 aromatic heterocycles. The molecule has 0 bridgehead atoms. The molecule has 1 saturated carbocycles. The topological polar surface area (TPSA) is 46.2 Å². The van der Waals surface area contributed by atoms with Crippen LogP contribution in [0.15, 0.2) is 30.3 Å². The van der Waals surface area contributed by atoms with Crippen molar-refractivity contribution in [1.82, 2.24) is 0 Å². The second-order valence-electron chi connectivity index (χ2n) is 5.25.